The molecular weight excluding hydrogens is 560 g/mol. The lowest BCUT2D eigenvalue weighted by Crippen LogP contribution is -2.50. The molecule has 0 aromatic heterocycles. The zero-order valence-electron chi connectivity index (χ0n) is 25.1. The minimum absolute atomic E-state index is 0.0739. The number of hydrogen-bond acceptors (Lipinski definition) is 5. The monoisotopic (exact) mass is 604 g/mol. The van der Waals surface area contributed by atoms with Crippen LogP contribution in [0.5, 0.6) is 11.5 Å². The molecule has 2 amide bonds. The first-order valence-electron chi connectivity index (χ1n) is 15.5. The van der Waals surface area contributed by atoms with Crippen molar-refractivity contribution in [2.75, 3.05) is 30.6 Å². The Hall–Kier alpha value is -3.56. The van der Waals surface area contributed by atoms with Gasteiger partial charge in [-0.1, -0.05) is 61.7 Å². The third kappa shape index (κ3) is 10.0. The zero-order valence-corrected chi connectivity index (χ0v) is 25.9. The summed E-state index contributed by atoms with van der Waals surface area (Å²) in [4.78, 5) is 17.9. The van der Waals surface area contributed by atoms with Crippen LogP contribution in [0.25, 0.3) is 0 Å². The van der Waals surface area contributed by atoms with Crippen LogP contribution >= 0.6 is 0 Å². The number of anilines is 1. The lowest BCUT2D eigenvalue weighted by atomic mass is 9.89. The Morgan fingerprint density at radius 2 is 1.47 bits per heavy atom. The molecule has 2 aliphatic rings. The summed E-state index contributed by atoms with van der Waals surface area (Å²) in [7, 11) is -3.31. The van der Waals surface area contributed by atoms with Gasteiger partial charge in [-0.3, -0.25) is 9.62 Å². The fourth-order valence-corrected chi connectivity index (χ4v) is 6.63. The fourth-order valence-electron chi connectivity index (χ4n) is 6.07. The highest BCUT2D eigenvalue weighted by molar-refractivity contribution is 7.92. The summed E-state index contributed by atoms with van der Waals surface area (Å²) >= 11 is 0. The Kier molecular flexibility index (Phi) is 10.6. The Labute approximate surface area is 256 Å². The molecule has 0 spiro atoms. The van der Waals surface area contributed by atoms with Gasteiger partial charge in [0.2, 0.25) is 10.0 Å². The minimum Gasteiger partial charge on any atom is -0.457 e. The summed E-state index contributed by atoms with van der Waals surface area (Å²) in [5.74, 6) is 1.96. The van der Waals surface area contributed by atoms with Gasteiger partial charge in [-0.15, -0.1) is 0 Å². The van der Waals surface area contributed by atoms with E-state index in [1.165, 1.54) is 43.2 Å². The lowest BCUT2D eigenvalue weighted by molar-refractivity contribution is 0.156. The topological polar surface area (TPSA) is 91.0 Å². The van der Waals surface area contributed by atoms with Gasteiger partial charge >= 0.3 is 6.03 Å². The molecule has 0 unspecified atom stereocenters. The molecule has 1 saturated carbocycles. The van der Waals surface area contributed by atoms with Crippen molar-refractivity contribution in [2.45, 2.75) is 64.1 Å². The molecule has 5 rings (SSSR count). The molecule has 2 fully saturated rings. The van der Waals surface area contributed by atoms with E-state index in [1.54, 1.807) is 24.3 Å². The summed E-state index contributed by atoms with van der Waals surface area (Å²) < 4.78 is 31.2. The largest absolute Gasteiger partial charge is 0.457 e. The van der Waals surface area contributed by atoms with E-state index < -0.39 is 10.0 Å². The van der Waals surface area contributed by atoms with E-state index in [0.717, 1.165) is 51.0 Å². The first kappa shape index (κ1) is 30.9. The quantitative estimate of drug-likeness (QED) is 0.257. The number of nitrogens with one attached hydrogen (secondary N) is 2. The Balaban J connectivity index is 1.08. The number of carbonyl (C=O) groups excluding carboxylic acids is 1. The maximum atomic E-state index is 13.5. The van der Waals surface area contributed by atoms with Gasteiger partial charge in [0, 0.05) is 44.5 Å². The van der Waals surface area contributed by atoms with Gasteiger partial charge in [-0.05, 0) is 79.1 Å². The zero-order chi connectivity index (χ0) is 30.1. The number of carbonyl (C=O) groups is 1. The maximum Gasteiger partial charge on any atom is 0.317 e. The number of ether oxygens (including phenoxy) is 1. The van der Waals surface area contributed by atoms with Gasteiger partial charge in [0.05, 0.1) is 6.26 Å². The van der Waals surface area contributed by atoms with Crippen LogP contribution in [0, 0.1) is 5.92 Å². The van der Waals surface area contributed by atoms with Gasteiger partial charge in [-0.2, -0.15) is 0 Å². The highest BCUT2D eigenvalue weighted by Crippen LogP contribution is 2.26. The molecule has 43 heavy (non-hydrogen) atoms. The molecule has 1 heterocycles. The van der Waals surface area contributed by atoms with Crippen LogP contribution in [0.2, 0.25) is 0 Å². The van der Waals surface area contributed by atoms with Gasteiger partial charge in [-0.25, -0.2) is 13.2 Å². The highest BCUT2D eigenvalue weighted by Gasteiger charge is 2.25. The number of urea groups is 1. The van der Waals surface area contributed by atoms with E-state index in [2.05, 4.69) is 39.2 Å². The predicted molar refractivity (Wildman–Crippen MR) is 172 cm³/mol. The third-order valence-electron chi connectivity index (χ3n) is 8.34. The SMILES string of the molecule is CS(=O)(=O)Nc1ccc(Oc2ccc(CN3CCC(NC(=O)N(Cc4ccccc4)CC4CCCCC4)CC3)cc2)cc1. The summed E-state index contributed by atoms with van der Waals surface area (Å²) in [6.45, 7) is 4.24. The van der Waals surface area contributed by atoms with Crippen molar-refractivity contribution in [1.29, 1.82) is 0 Å². The van der Waals surface area contributed by atoms with Crippen molar-refractivity contribution in [3.63, 3.8) is 0 Å². The van der Waals surface area contributed by atoms with Crippen molar-refractivity contribution in [1.82, 2.24) is 15.1 Å². The summed E-state index contributed by atoms with van der Waals surface area (Å²) in [5.41, 5.74) is 2.89. The van der Waals surface area contributed by atoms with Crippen molar-refractivity contribution in [3.05, 3.63) is 90.0 Å². The molecule has 2 N–H and O–H groups in total. The number of likely N-dealkylation sites (tertiary alicyclic amines) is 1. The number of rotatable bonds is 11. The van der Waals surface area contributed by atoms with Crippen LogP contribution in [0.4, 0.5) is 10.5 Å². The molecular formula is C34H44N4O4S. The maximum absolute atomic E-state index is 13.5. The van der Waals surface area contributed by atoms with Crippen LogP contribution in [-0.4, -0.2) is 56.2 Å². The van der Waals surface area contributed by atoms with E-state index in [-0.39, 0.29) is 12.1 Å². The van der Waals surface area contributed by atoms with Gasteiger partial charge in [0.25, 0.3) is 0 Å². The normalized spacial score (nSPS) is 16.9. The van der Waals surface area contributed by atoms with Crippen LogP contribution in [0.15, 0.2) is 78.9 Å². The number of amides is 2. The molecule has 1 aliphatic heterocycles. The number of hydrogen-bond donors (Lipinski definition) is 2. The van der Waals surface area contributed by atoms with Gasteiger partial charge < -0.3 is 15.0 Å². The summed E-state index contributed by atoms with van der Waals surface area (Å²) in [6, 6.07) is 25.5. The van der Waals surface area contributed by atoms with Gasteiger partial charge in [0.1, 0.15) is 11.5 Å². The summed E-state index contributed by atoms with van der Waals surface area (Å²) in [6.07, 6.45) is 9.34. The van der Waals surface area contributed by atoms with Crippen molar-refractivity contribution in [2.24, 2.45) is 5.92 Å². The molecule has 1 aliphatic carbocycles. The van der Waals surface area contributed by atoms with Crippen molar-refractivity contribution < 1.29 is 17.9 Å². The molecule has 3 aromatic carbocycles. The number of nitrogens with zero attached hydrogens (tertiary/aromatic N) is 2. The number of sulfonamides is 1. The Bertz CT molecular complexity index is 1400. The first-order chi connectivity index (χ1) is 20.8. The highest BCUT2D eigenvalue weighted by atomic mass is 32.2. The smallest absolute Gasteiger partial charge is 0.317 e. The van der Waals surface area contributed by atoms with E-state index in [9.17, 15) is 13.2 Å². The van der Waals surface area contributed by atoms with Gasteiger partial charge in [0.15, 0.2) is 0 Å². The lowest BCUT2D eigenvalue weighted by Gasteiger charge is -2.35. The average Bonchev–Trinajstić information content (AvgIpc) is 3.00. The Morgan fingerprint density at radius 3 is 2.09 bits per heavy atom. The number of piperidine rings is 1. The molecule has 8 nitrogen and oxygen atoms in total. The van der Waals surface area contributed by atoms with E-state index in [4.69, 9.17) is 4.74 Å². The molecule has 230 valence electrons. The standard InChI is InChI=1S/C34H44N4O4S/c1-43(40,41)36-31-14-18-33(19-15-31)42-32-16-12-29(13-17-32)24-37-22-20-30(21-23-37)35-34(39)38(25-27-8-4-2-5-9-27)26-28-10-6-3-7-11-28/h2,4-5,8-9,12-19,28,30,36H,3,6-7,10-11,20-26H2,1H3,(H,35,39). The Morgan fingerprint density at radius 1 is 0.837 bits per heavy atom. The first-order valence-corrected chi connectivity index (χ1v) is 17.3. The second-order valence-corrected chi connectivity index (χ2v) is 13.8. The molecule has 1 saturated heterocycles. The van der Waals surface area contributed by atoms with Crippen LogP contribution in [-0.2, 0) is 23.1 Å². The molecule has 0 bridgehead atoms. The van der Waals surface area contributed by atoms with Crippen LogP contribution in [0.1, 0.15) is 56.1 Å². The van der Waals surface area contributed by atoms with E-state index in [1.807, 2.05) is 35.2 Å². The summed E-state index contributed by atoms with van der Waals surface area (Å²) in [5, 5.41) is 3.37. The van der Waals surface area contributed by atoms with Crippen LogP contribution in [0.3, 0.4) is 0 Å². The second kappa shape index (κ2) is 14.8. The molecule has 0 radical (unpaired) electrons. The third-order valence-corrected chi connectivity index (χ3v) is 8.95. The second-order valence-electron chi connectivity index (χ2n) is 12.0. The molecule has 3 aromatic rings. The molecule has 9 heteroatoms. The van der Waals surface area contributed by atoms with Crippen molar-refractivity contribution in [3.8, 4) is 11.5 Å². The van der Waals surface area contributed by atoms with Crippen molar-refractivity contribution >= 4 is 21.7 Å². The minimum atomic E-state index is -3.31. The van der Waals surface area contributed by atoms with Crippen LogP contribution < -0.4 is 14.8 Å². The predicted octanol–water partition coefficient (Wildman–Crippen LogP) is 6.61. The number of benzene rings is 3. The average molecular weight is 605 g/mol. The van der Waals surface area contributed by atoms with E-state index >= 15 is 0 Å². The fraction of sp³-hybridized carbons (Fsp3) is 0.441. The van der Waals surface area contributed by atoms with E-state index in [0.29, 0.717) is 23.9 Å². The molecule has 0 atom stereocenters.